The fourth-order valence-electron chi connectivity index (χ4n) is 2.41. The smallest absolute Gasteiger partial charge is 0.315 e. The van der Waals surface area contributed by atoms with Crippen LogP contribution >= 0.6 is 0 Å². The fraction of sp³-hybridized carbons (Fsp3) is 0. The van der Waals surface area contributed by atoms with Crippen LogP contribution < -0.4 is 16.0 Å². The zero-order valence-electron chi connectivity index (χ0n) is 9.68. The van der Waals surface area contributed by atoms with Gasteiger partial charge >= 0.3 is 11.8 Å². The van der Waals surface area contributed by atoms with E-state index in [1.54, 1.807) is 6.07 Å². The Morgan fingerprint density at radius 1 is 0.895 bits per heavy atom. The Bertz CT molecular complexity index is 884. The van der Waals surface area contributed by atoms with Crippen LogP contribution in [-0.4, -0.2) is 11.8 Å². The molecule has 2 aliphatic heterocycles. The summed E-state index contributed by atoms with van der Waals surface area (Å²) in [5.74, 6) is -1.47. The van der Waals surface area contributed by atoms with Gasteiger partial charge in [0.15, 0.2) is 0 Å². The number of nitrogens with zero attached hydrogens (tertiary/aromatic N) is 2. The molecule has 0 bridgehead atoms. The first-order valence-electron chi connectivity index (χ1n) is 5.79. The highest BCUT2D eigenvalue weighted by atomic mass is 16.2. The average molecular weight is 249 g/mol. The average Bonchev–Trinajstić information content (AvgIpc) is 2.79. The molecule has 2 aromatic rings. The number of anilines is 1. The maximum atomic E-state index is 11.5. The van der Waals surface area contributed by atoms with Gasteiger partial charge in [-0.05, 0) is 18.2 Å². The quantitative estimate of drug-likeness (QED) is 0.596. The van der Waals surface area contributed by atoms with Gasteiger partial charge in [0.05, 0.1) is 22.1 Å². The summed E-state index contributed by atoms with van der Waals surface area (Å²) in [6.07, 6.45) is 0. The van der Waals surface area contributed by atoms with Crippen LogP contribution in [0.1, 0.15) is 0 Å². The topological polar surface area (TPSA) is 70.9 Å². The number of amides is 2. The number of fused-ring (bicyclic) bond motifs is 5. The lowest BCUT2D eigenvalue weighted by atomic mass is 10.0. The van der Waals surface area contributed by atoms with E-state index in [4.69, 9.17) is 0 Å². The number of hydrogen-bond donors (Lipinski definition) is 1. The Kier molecular flexibility index (Phi) is 1.79. The van der Waals surface area contributed by atoms with E-state index in [0.29, 0.717) is 11.0 Å². The largest absolute Gasteiger partial charge is 0.335 e. The van der Waals surface area contributed by atoms with Gasteiger partial charge in [0.25, 0.3) is 0 Å². The SMILES string of the molecule is O=C1N=c2ccc3c(c2NC1=O)-c1ccccc1N=3. The van der Waals surface area contributed by atoms with Crippen LogP contribution in [0.25, 0.3) is 11.1 Å². The molecular weight excluding hydrogens is 242 g/mol. The summed E-state index contributed by atoms with van der Waals surface area (Å²) in [6, 6.07) is 11.2. The van der Waals surface area contributed by atoms with Crippen molar-refractivity contribution in [2.45, 2.75) is 0 Å². The van der Waals surface area contributed by atoms with Crippen LogP contribution in [0.2, 0.25) is 0 Å². The third kappa shape index (κ3) is 1.29. The van der Waals surface area contributed by atoms with Crippen LogP contribution in [0, 0.1) is 0 Å². The predicted octanol–water partition coefficient (Wildman–Crippen LogP) is 0.717. The maximum absolute atomic E-state index is 11.5. The van der Waals surface area contributed by atoms with Crippen LogP contribution in [0.15, 0.2) is 46.4 Å². The predicted molar refractivity (Wildman–Crippen MR) is 67.5 cm³/mol. The lowest BCUT2D eigenvalue weighted by molar-refractivity contribution is -0.134. The number of benzene rings is 2. The molecule has 0 saturated heterocycles. The third-order valence-corrected chi connectivity index (χ3v) is 3.23. The van der Waals surface area contributed by atoms with Crippen molar-refractivity contribution in [1.29, 1.82) is 0 Å². The van der Waals surface area contributed by atoms with Crippen molar-refractivity contribution < 1.29 is 9.59 Å². The Hall–Kier alpha value is -2.82. The molecule has 2 aromatic carbocycles. The Labute approximate surface area is 107 Å². The molecule has 19 heavy (non-hydrogen) atoms. The van der Waals surface area contributed by atoms with Crippen molar-refractivity contribution in [3.63, 3.8) is 0 Å². The Balaban J connectivity index is 2.13. The number of nitrogens with one attached hydrogen (secondary N) is 1. The highest BCUT2D eigenvalue weighted by Gasteiger charge is 2.25. The zero-order valence-corrected chi connectivity index (χ0v) is 9.68. The van der Waals surface area contributed by atoms with E-state index >= 15 is 0 Å². The molecular formula is C14H7N3O2. The molecule has 0 atom stereocenters. The summed E-state index contributed by atoms with van der Waals surface area (Å²) >= 11 is 0. The van der Waals surface area contributed by atoms with Gasteiger partial charge in [0, 0.05) is 11.1 Å². The Morgan fingerprint density at radius 3 is 2.58 bits per heavy atom. The number of carbonyl (C=O) groups is 2. The van der Waals surface area contributed by atoms with Gasteiger partial charge in [-0.15, -0.1) is 0 Å². The summed E-state index contributed by atoms with van der Waals surface area (Å²) in [5.41, 5.74) is 3.20. The minimum atomic E-state index is -0.768. The first-order valence-corrected chi connectivity index (χ1v) is 5.79. The second-order valence-corrected chi connectivity index (χ2v) is 4.35. The van der Waals surface area contributed by atoms with E-state index in [1.807, 2.05) is 30.3 Å². The number of hydrogen-bond acceptors (Lipinski definition) is 3. The highest BCUT2D eigenvalue weighted by Crippen LogP contribution is 2.35. The van der Waals surface area contributed by atoms with Crippen LogP contribution in [0.4, 0.5) is 11.4 Å². The fourth-order valence-corrected chi connectivity index (χ4v) is 2.41. The minimum absolute atomic E-state index is 0.482. The molecule has 0 saturated carbocycles. The summed E-state index contributed by atoms with van der Waals surface area (Å²) in [6.45, 7) is 0. The van der Waals surface area contributed by atoms with Crippen LogP contribution in [0.3, 0.4) is 0 Å². The highest BCUT2D eigenvalue weighted by molar-refractivity contribution is 6.41. The summed E-state index contributed by atoms with van der Waals surface area (Å²) in [5, 5.41) is 3.87. The van der Waals surface area contributed by atoms with Crippen molar-refractivity contribution in [3.8, 4) is 11.1 Å². The molecule has 0 spiro atoms. The summed E-state index contributed by atoms with van der Waals surface area (Å²) in [4.78, 5) is 31.1. The van der Waals surface area contributed by atoms with Gasteiger partial charge in [-0.3, -0.25) is 9.59 Å². The normalized spacial score (nSPS) is 14.7. The van der Waals surface area contributed by atoms with Gasteiger partial charge in [0.1, 0.15) is 0 Å². The van der Waals surface area contributed by atoms with E-state index in [1.165, 1.54) is 0 Å². The van der Waals surface area contributed by atoms with E-state index < -0.39 is 11.8 Å². The first kappa shape index (κ1) is 10.1. The van der Waals surface area contributed by atoms with Crippen molar-refractivity contribution >= 4 is 23.2 Å². The number of rotatable bonds is 0. The molecule has 2 aliphatic rings. The number of para-hydroxylation sites is 1. The Morgan fingerprint density at radius 2 is 1.68 bits per heavy atom. The molecule has 2 amide bonds. The molecule has 90 valence electrons. The van der Waals surface area contributed by atoms with E-state index in [-0.39, 0.29) is 0 Å². The van der Waals surface area contributed by atoms with Crippen LogP contribution in [0.5, 0.6) is 0 Å². The molecule has 2 heterocycles. The molecule has 5 heteroatoms. The van der Waals surface area contributed by atoms with Crippen molar-refractivity contribution in [2.75, 3.05) is 5.32 Å². The maximum Gasteiger partial charge on any atom is 0.335 e. The molecule has 5 nitrogen and oxygen atoms in total. The monoisotopic (exact) mass is 249 g/mol. The van der Waals surface area contributed by atoms with E-state index in [9.17, 15) is 9.59 Å². The second kappa shape index (κ2) is 3.35. The molecule has 0 aliphatic carbocycles. The van der Waals surface area contributed by atoms with Gasteiger partial charge < -0.3 is 5.32 Å². The van der Waals surface area contributed by atoms with Crippen molar-refractivity contribution in [1.82, 2.24) is 0 Å². The zero-order chi connectivity index (χ0) is 13.0. The van der Waals surface area contributed by atoms with Gasteiger partial charge in [0.2, 0.25) is 0 Å². The lowest BCUT2D eigenvalue weighted by Crippen LogP contribution is -2.33. The summed E-state index contributed by atoms with van der Waals surface area (Å²) in [7, 11) is 0. The second-order valence-electron chi connectivity index (χ2n) is 4.35. The molecule has 0 aromatic heterocycles. The molecule has 0 unspecified atom stereocenters. The molecule has 0 fully saturated rings. The van der Waals surface area contributed by atoms with Gasteiger partial charge in [-0.1, -0.05) is 18.2 Å². The molecule has 4 rings (SSSR count). The van der Waals surface area contributed by atoms with Crippen molar-refractivity contribution in [2.24, 2.45) is 9.98 Å². The lowest BCUT2D eigenvalue weighted by Gasteiger charge is -2.12. The third-order valence-electron chi connectivity index (χ3n) is 3.23. The molecule has 0 radical (unpaired) electrons. The van der Waals surface area contributed by atoms with Gasteiger partial charge in [-0.25, -0.2) is 9.98 Å². The summed E-state index contributed by atoms with van der Waals surface area (Å²) < 4.78 is 0. The van der Waals surface area contributed by atoms with Crippen LogP contribution in [-0.2, 0) is 9.59 Å². The number of carbonyl (C=O) groups excluding carboxylic acids is 2. The minimum Gasteiger partial charge on any atom is -0.315 e. The van der Waals surface area contributed by atoms with Crippen molar-refractivity contribution in [3.05, 3.63) is 47.1 Å². The first-order chi connectivity index (χ1) is 9.24. The van der Waals surface area contributed by atoms with E-state index in [0.717, 1.165) is 22.2 Å². The van der Waals surface area contributed by atoms with E-state index in [2.05, 4.69) is 15.3 Å². The standard InChI is InChI=1S/C14H7N3O2/c18-13-14(19)17-12-10(16-13)6-5-9-11(12)7-3-1-2-4-8(7)15-9/h1-6H,(H,17,19). The molecule has 1 N–H and O–H groups in total. The van der Waals surface area contributed by atoms with Gasteiger partial charge in [-0.2, -0.15) is 0 Å².